The lowest BCUT2D eigenvalue weighted by Gasteiger charge is -2.07. The number of nitrogens with one attached hydrogen (secondary N) is 2. The van der Waals surface area contributed by atoms with Crippen molar-refractivity contribution < 1.29 is 17.9 Å². The molecule has 118 valence electrons. The standard InChI is InChI=1S/C14H17N3O4S/c1-21-10-2-3-11-12(6-10)17-13(16-11)7-15-14(18)9-4-5-22(19,20)8-9/h2-3,6,9H,4-5,7-8H2,1H3,(H,15,18)(H,16,17). The third-order valence-corrected chi connectivity index (χ3v) is 5.54. The van der Waals surface area contributed by atoms with Crippen LogP contribution in [0.1, 0.15) is 12.2 Å². The van der Waals surface area contributed by atoms with E-state index in [1.165, 1.54) is 0 Å². The maximum atomic E-state index is 12.0. The number of aromatic nitrogens is 2. The number of methoxy groups -OCH3 is 1. The van der Waals surface area contributed by atoms with Crippen molar-refractivity contribution in [3.8, 4) is 5.75 Å². The molecule has 1 saturated heterocycles. The van der Waals surface area contributed by atoms with E-state index >= 15 is 0 Å². The molecule has 7 nitrogen and oxygen atoms in total. The van der Waals surface area contributed by atoms with Crippen molar-refractivity contribution in [3.05, 3.63) is 24.0 Å². The van der Waals surface area contributed by atoms with Gasteiger partial charge in [-0.15, -0.1) is 0 Å². The summed E-state index contributed by atoms with van der Waals surface area (Å²) in [5.74, 6) is 0.694. The molecule has 1 fully saturated rings. The highest BCUT2D eigenvalue weighted by Gasteiger charge is 2.32. The third-order valence-electron chi connectivity index (χ3n) is 3.77. The van der Waals surface area contributed by atoms with E-state index < -0.39 is 15.8 Å². The SMILES string of the molecule is COc1ccc2nc(CNC(=O)C3CCS(=O)(=O)C3)[nH]c2c1. The van der Waals surface area contributed by atoms with Crippen molar-refractivity contribution in [3.63, 3.8) is 0 Å². The molecule has 2 heterocycles. The highest BCUT2D eigenvalue weighted by molar-refractivity contribution is 7.91. The topological polar surface area (TPSA) is 101 Å². The van der Waals surface area contributed by atoms with Gasteiger partial charge in [0.15, 0.2) is 9.84 Å². The second-order valence-corrected chi connectivity index (χ2v) is 7.61. The van der Waals surface area contributed by atoms with Crippen LogP contribution in [0.2, 0.25) is 0 Å². The van der Waals surface area contributed by atoms with Crippen LogP contribution in [0.5, 0.6) is 5.75 Å². The number of hydrogen-bond donors (Lipinski definition) is 2. The number of benzene rings is 1. The fourth-order valence-corrected chi connectivity index (χ4v) is 4.31. The van der Waals surface area contributed by atoms with E-state index in [1.54, 1.807) is 7.11 Å². The molecule has 1 amide bonds. The average Bonchev–Trinajstić information content (AvgIpc) is 3.06. The van der Waals surface area contributed by atoms with Gasteiger partial charge in [-0.25, -0.2) is 13.4 Å². The Morgan fingerprint density at radius 1 is 1.50 bits per heavy atom. The zero-order chi connectivity index (χ0) is 15.7. The van der Waals surface area contributed by atoms with E-state index in [1.807, 2.05) is 18.2 Å². The number of aromatic amines is 1. The van der Waals surface area contributed by atoms with E-state index in [0.717, 1.165) is 16.8 Å². The first kappa shape index (κ1) is 14.8. The molecular weight excluding hydrogens is 306 g/mol. The molecule has 8 heteroatoms. The number of hydrogen-bond acceptors (Lipinski definition) is 5. The van der Waals surface area contributed by atoms with Crippen molar-refractivity contribution in [2.45, 2.75) is 13.0 Å². The normalized spacial score (nSPS) is 20.1. The van der Waals surface area contributed by atoms with Crippen LogP contribution in [0.25, 0.3) is 11.0 Å². The molecule has 2 N–H and O–H groups in total. The molecule has 2 aromatic rings. The van der Waals surface area contributed by atoms with E-state index in [0.29, 0.717) is 12.2 Å². The minimum Gasteiger partial charge on any atom is -0.497 e. The Labute approximate surface area is 128 Å². The predicted molar refractivity (Wildman–Crippen MR) is 81.3 cm³/mol. The van der Waals surface area contributed by atoms with Gasteiger partial charge >= 0.3 is 0 Å². The molecule has 1 atom stereocenters. The van der Waals surface area contributed by atoms with Gasteiger partial charge in [-0.3, -0.25) is 4.79 Å². The van der Waals surface area contributed by atoms with Crippen molar-refractivity contribution in [2.75, 3.05) is 18.6 Å². The first-order valence-corrected chi connectivity index (χ1v) is 8.80. The fraction of sp³-hybridized carbons (Fsp3) is 0.429. The number of imidazole rings is 1. The number of carbonyl (C=O) groups is 1. The van der Waals surface area contributed by atoms with Crippen LogP contribution in [-0.4, -0.2) is 42.9 Å². The van der Waals surface area contributed by atoms with Crippen molar-refractivity contribution in [2.24, 2.45) is 5.92 Å². The molecule has 1 aromatic carbocycles. The summed E-state index contributed by atoms with van der Waals surface area (Å²) in [6.45, 7) is 0.242. The minimum absolute atomic E-state index is 0.0594. The molecular formula is C14H17N3O4S. The molecule has 1 unspecified atom stereocenters. The van der Waals surface area contributed by atoms with Gasteiger partial charge in [-0.05, 0) is 18.6 Å². The summed E-state index contributed by atoms with van der Waals surface area (Å²) < 4.78 is 27.9. The lowest BCUT2D eigenvalue weighted by molar-refractivity contribution is -0.124. The summed E-state index contributed by atoms with van der Waals surface area (Å²) in [4.78, 5) is 19.5. The Balaban J connectivity index is 1.65. The maximum Gasteiger partial charge on any atom is 0.224 e. The quantitative estimate of drug-likeness (QED) is 0.859. The summed E-state index contributed by atoms with van der Waals surface area (Å²) in [7, 11) is -1.46. The Morgan fingerprint density at radius 3 is 3.00 bits per heavy atom. The molecule has 0 spiro atoms. The van der Waals surface area contributed by atoms with Crippen LogP contribution in [0.3, 0.4) is 0 Å². The number of rotatable bonds is 4. The van der Waals surface area contributed by atoms with Crippen LogP contribution in [0.4, 0.5) is 0 Å². The molecule has 1 aromatic heterocycles. The molecule has 0 bridgehead atoms. The zero-order valence-electron chi connectivity index (χ0n) is 12.1. The van der Waals surface area contributed by atoms with E-state index in [9.17, 15) is 13.2 Å². The number of carbonyl (C=O) groups excluding carboxylic acids is 1. The third kappa shape index (κ3) is 3.06. The second kappa shape index (κ2) is 5.60. The lowest BCUT2D eigenvalue weighted by atomic mass is 10.1. The van der Waals surface area contributed by atoms with Gasteiger partial charge in [0, 0.05) is 6.07 Å². The summed E-state index contributed by atoms with van der Waals surface area (Å²) in [5, 5.41) is 2.74. The Hall–Kier alpha value is -2.09. The number of sulfone groups is 1. The lowest BCUT2D eigenvalue weighted by Crippen LogP contribution is -2.31. The first-order chi connectivity index (χ1) is 10.5. The molecule has 0 saturated carbocycles. The van der Waals surface area contributed by atoms with E-state index in [-0.39, 0.29) is 24.0 Å². The molecule has 1 aliphatic heterocycles. The van der Waals surface area contributed by atoms with Gasteiger partial charge in [-0.2, -0.15) is 0 Å². The highest BCUT2D eigenvalue weighted by atomic mass is 32.2. The zero-order valence-corrected chi connectivity index (χ0v) is 12.9. The van der Waals surface area contributed by atoms with Crippen LogP contribution >= 0.6 is 0 Å². The first-order valence-electron chi connectivity index (χ1n) is 6.97. The van der Waals surface area contributed by atoms with Gasteiger partial charge in [0.2, 0.25) is 5.91 Å². The van der Waals surface area contributed by atoms with Crippen molar-refractivity contribution in [1.29, 1.82) is 0 Å². The van der Waals surface area contributed by atoms with E-state index in [4.69, 9.17) is 4.74 Å². The number of fused-ring (bicyclic) bond motifs is 1. The fourth-order valence-electron chi connectivity index (χ4n) is 2.57. The Morgan fingerprint density at radius 2 is 2.32 bits per heavy atom. The smallest absolute Gasteiger partial charge is 0.224 e. The van der Waals surface area contributed by atoms with Gasteiger partial charge in [0.25, 0.3) is 0 Å². The van der Waals surface area contributed by atoms with E-state index in [2.05, 4.69) is 15.3 Å². The number of nitrogens with zero attached hydrogens (tertiary/aromatic N) is 1. The Bertz CT molecular complexity index is 813. The minimum atomic E-state index is -3.05. The van der Waals surface area contributed by atoms with Crippen LogP contribution in [0, 0.1) is 5.92 Å². The molecule has 1 aliphatic rings. The van der Waals surface area contributed by atoms with Crippen molar-refractivity contribution in [1.82, 2.24) is 15.3 Å². The average molecular weight is 323 g/mol. The van der Waals surface area contributed by atoms with Gasteiger partial charge in [0.05, 0.1) is 42.1 Å². The highest BCUT2D eigenvalue weighted by Crippen LogP contribution is 2.20. The van der Waals surface area contributed by atoms with Crippen LogP contribution < -0.4 is 10.1 Å². The summed E-state index contributed by atoms with van der Waals surface area (Å²) in [6.07, 6.45) is 0.394. The van der Waals surface area contributed by atoms with Crippen LogP contribution in [0.15, 0.2) is 18.2 Å². The van der Waals surface area contributed by atoms with Crippen LogP contribution in [-0.2, 0) is 21.2 Å². The maximum absolute atomic E-state index is 12.0. The number of amides is 1. The summed E-state index contributed by atoms with van der Waals surface area (Å²) >= 11 is 0. The molecule has 3 rings (SSSR count). The Kier molecular flexibility index (Phi) is 3.78. The summed E-state index contributed by atoms with van der Waals surface area (Å²) in [6, 6.07) is 5.48. The van der Waals surface area contributed by atoms with Crippen molar-refractivity contribution >= 4 is 26.8 Å². The summed E-state index contributed by atoms with van der Waals surface area (Å²) in [5.41, 5.74) is 1.61. The predicted octanol–water partition coefficient (Wildman–Crippen LogP) is 0.622. The number of H-pyrrole nitrogens is 1. The molecule has 22 heavy (non-hydrogen) atoms. The molecule has 0 radical (unpaired) electrons. The monoisotopic (exact) mass is 323 g/mol. The van der Waals surface area contributed by atoms with Gasteiger partial charge in [-0.1, -0.05) is 0 Å². The second-order valence-electron chi connectivity index (χ2n) is 5.38. The molecule has 0 aliphatic carbocycles. The van der Waals surface area contributed by atoms with Gasteiger partial charge in [0.1, 0.15) is 11.6 Å². The van der Waals surface area contributed by atoms with Gasteiger partial charge < -0.3 is 15.0 Å². The largest absolute Gasteiger partial charge is 0.497 e. The number of ether oxygens (including phenoxy) is 1.